The summed E-state index contributed by atoms with van der Waals surface area (Å²) in [4.78, 5) is 11.2. The summed E-state index contributed by atoms with van der Waals surface area (Å²) in [5.74, 6) is 0.907. The molecule has 0 aliphatic carbocycles. The van der Waals surface area contributed by atoms with E-state index in [2.05, 4.69) is 20.2 Å². The van der Waals surface area contributed by atoms with E-state index in [1.54, 1.807) is 31.5 Å². The lowest BCUT2D eigenvalue weighted by atomic mass is 10.0. The second kappa shape index (κ2) is 7.17. The van der Waals surface area contributed by atoms with E-state index in [1.165, 1.54) is 0 Å². The van der Waals surface area contributed by atoms with Gasteiger partial charge in [-0.3, -0.25) is 0 Å². The van der Waals surface area contributed by atoms with Crippen LogP contribution in [0, 0.1) is 0 Å². The lowest BCUT2D eigenvalue weighted by Crippen LogP contribution is -2.39. The molecule has 1 aliphatic heterocycles. The Morgan fingerprint density at radius 1 is 1.12 bits per heavy atom. The molecule has 6 nitrogen and oxygen atoms in total. The van der Waals surface area contributed by atoms with E-state index >= 15 is 0 Å². The van der Waals surface area contributed by atoms with Gasteiger partial charge in [-0.1, -0.05) is 6.92 Å². The van der Waals surface area contributed by atoms with Gasteiger partial charge in [-0.25, -0.2) is 18.4 Å². The average molecular weight is 346 g/mol. The van der Waals surface area contributed by atoms with Crippen molar-refractivity contribution in [2.75, 3.05) is 29.1 Å². The van der Waals surface area contributed by atoms with E-state index in [4.69, 9.17) is 0 Å². The molecule has 1 aromatic heterocycles. The first-order chi connectivity index (χ1) is 11.6. The van der Waals surface area contributed by atoms with Gasteiger partial charge in [0.05, 0.1) is 10.6 Å². The summed E-state index contributed by atoms with van der Waals surface area (Å²) in [6, 6.07) is 9.23. The number of sulfone groups is 1. The van der Waals surface area contributed by atoms with Crippen LogP contribution >= 0.6 is 0 Å². The second-order valence-electron chi connectivity index (χ2n) is 5.88. The van der Waals surface area contributed by atoms with Crippen molar-refractivity contribution in [1.82, 2.24) is 9.97 Å². The first-order valence-corrected chi connectivity index (χ1v) is 9.85. The number of piperidine rings is 1. The molecular formula is C17H22N4O2S. The number of hydrogen-bond donors (Lipinski definition) is 1. The number of rotatable bonds is 5. The molecule has 0 amide bonds. The summed E-state index contributed by atoms with van der Waals surface area (Å²) in [5, 5.41) is 3.49. The molecule has 128 valence electrons. The van der Waals surface area contributed by atoms with E-state index < -0.39 is 9.84 Å². The van der Waals surface area contributed by atoms with E-state index in [-0.39, 0.29) is 5.75 Å². The zero-order valence-electron chi connectivity index (χ0n) is 13.7. The Labute approximate surface area is 142 Å². The van der Waals surface area contributed by atoms with Crippen LogP contribution in [0.1, 0.15) is 19.8 Å². The first-order valence-electron chi connectivity index (χ1n) is 8.20. The zero-order valence-corrected chi connectivity index (χ0v) is 14.5. The molecule has 0 unspecified atom stereocenters. The minimum Gasteiger partial charge on any atom is -0.382 e. The molecule has 1 fully saturated rings. The molecule has 0 atom stereocenters. The van der Waals surface area contributed by atoms with Gasteiger partial charge in [0.15, 0.2) is 9.84 Å². The molecule has 2 aromatic rings. The van der Waals surface area contributed by atoms with Crippen molar-refractivity contribution in [2.45, 2.75) is 30.7 Å². The Morgan fingerprint density at radius 2 is 1.75 bits per heavy atom. The van der Waals surface area contributed by atoms with Crippen LogP contribution in [0.2, 0.25) is 0 Å². The molecule has 3 rings (SSSR count). The molecule has 7 heteroatoms. The summed E-state index contributed by atoms with van der Waals surface area (Å²) in [7, 11) is -3.13. The van der Waals surface area contributed by atoms with Crippen LogP contribution in [0.4, 0.5) is 11.6 Å². The maximum absolute atomic E-state index is 11.8. The van der Waals surface area contributed by atoms with E-state index in [0.29, 0.717) is 10.9 Å². The molecule has 1 saturated heterocycles. The molecule has 1 aliphatic rings. The molecule has 0 spiro atoms. The highest BCUT2D eigenvalue weighted by molar-refractivity contribution is 7.91. The minimum atomic E-state index is -3.13. The zero-order chi connectivity index (χ0) is 17.0. The van der Waals surface area contributed by atoms with Gasteiger partial charge in [0.2, 0.25) is 5.95 Å². The van der Waals surface area contributed by atoms with Crippen LogP contribution in [0.3, 0.4) is 0 Å². The van der Waals surface area contributed by atoms with Crippen molar-refractivity contribution >= 4 is 21.5 Å². The number of nitrogens with zero attached hydrogens (tertiary/aromatic N) is 3. The normalized spacial score (nSPS) is 16.1. The quantitative estimate of drug-likeness (QED) is 0.896. The highest BCUT2D eigenvalue weighted by atomic mass is 32.2. The third-order valence-corrected chi connectivity index (χ3v) is 6.04. The lowest BCUT2D eigenvalue weighted by Gasteiger charge is -2.32. The van der Waals surface area contributed by atoms with Gasteiger partial charge in [-0.2, -0.15) is 0 Å². The largest absolute Gasteiger partial charge is 0.382 e. The van der Waals surface area contributed by atoms with Crippen LogP contribution in [0.15, 0.2) is 47.6 Å². The molecule has 2 heterocycles. The predicted molar refractivity (Wildman–Crippen MR) is 95.1 cm³/mol. The summed E-state index contributed by atoms with van der Waals surface area (Å²) in [6.07, 6.45) is 5.51. The van der Waals surface area contributed by atoms with Crippen molar-refractivity contribution in [2.24, 2.45) is 0 Å². The van der Waals surface area contributed by atoms with Crippen LogP contribution in [0.25, 0.3) is 0 Å². The van der Waals surface area contributed by atoms with Crippen molar-refractivity contribution < 1.29 is 8.42 Å². The predicted octanol–water partition coefficient (Wildman–Crippen LogP) is 2.35. The lowest BCUT2D eigenvalue weighted by molar-refractivity contribution is 0.520. The molecule has 0 bridgehead atoms. The number of nitrogens with one attached hydrogen (secondary N) is 1. The summed E-state index contributed by atoms with van der Waals surface area (Å²) < 4.78 is 23.7. The van der Waals surface area contributed by atoms with Gasteiger partial charge in [0.1, 0.15) is 0 Å². The van der Waals surface area contributed by atoms with E-state index in [0.717, 1.165) is 37.6 Å². The van der Waals surface area contributed by atoms with Gasteiger partial charge in [0, 0.05) is 37.2 Å². The SMILES string of the molecule is CCS(=O)(=O)c1ccc(NC2CCN(c3ncccn3)CC2)cc1. The Hall–Kier alpha value is -2.15. The molecule has 1 aromatic carbocycles. The summed E-state index contributed by atoms with van der Waals surface area (Å²) in [5.41, 5.74) is 0.958. The van der Waals surface area contributed by atoms with Crippen LogP contribution < -0.4 is 10.2 Å². The standard InChI is InChI=1S/C17H22N4O2S/c1-2-24(22,23)16-6-4-14(5-7-16)20-15-8-12-21(13-9-15)17-18-10-3-11-19-17/h3-7,10-11,15,20H,2,8-9,12-13H2,1H3. The summed E-state index contributed by atoms with van der Waals surface area (Å²) in [6.45, 7) is 3.47. The van der Waals surface area contributed by atoms with Crippen molar-refractivity contribution in [3.63, 3.8) is 0 Å². The van der Waals surface area contributed by atoms with Crippen molar-refractivity contribution in [1.29, 1.82) is 0 Å². The van der Waals surface area contributed by atoms with Crippen molar-refractivity contribution in [3.05, 3.63) is 42.7 Å². The van der Waals surface area contributed by atoms with Crippen LogP contribution in [-0.4, -0.2) is 43.3 Å². The number of hydrogen-bond acceptors (Lipinski definition) is 6. The Morgan fingerprint density at radius 3 is 2.33 bits per heavy atom. The van der Waals surface area contributed by atoms with Crippen LogP contribution in [0.5, 0.6) is 0 Å². The molecular weight excluding hydrogens is 324 g/mol. The Balaban J connectivity index is 1.57. The monoisotopic (exact) mass is 346 g/mol. The van der Waals surface area contributed by atoms with Gasteiger partial charge >= 0.3 is 0 Å². The second-order valence-corrected chi connectivity index (χ2v) is 8.16. The highest BCUT2D eigenvalue weighted by Crippen LogP contribution is 2.21. The number of aromatic nitrogens is 2. The van der Waals surface area contributed by atoms with E-state index in [1.807, 2.05) is 18.2 Å². The summed E-state index contributed by atoms with van der Waals surface area (Å²) >= 11 is 0. The first kappa shape index (κ1) is 16.7. The average Bonchev–Trinajstić information content (AvgIpc) is 2.63. The van der Waals surface area contributed by atoms with Gasteiger partial charge in [0.25, 0.3) is 0 Å². The fraction of sp³-hybridized carbons (Fsp3) is 0.412. The Bertz CT molecular complexity index is 755. The number of anilines is 2. The van der Waals surface area contributed by atoms with E-state index in [9.17, 15) is 8.42 Å². The molecule has 1 N–H and O–H groups in total. The molecule has 0 saturated carbocycles. The van der Waals surface area contributed by atoms with Gasteiger partial charge in [-0.15, -0.1) is 0 Å². The Kier molecular flexibility index (Phi) is 4.99. The third-order valence-electron chi connectivity index (χ3n) is 4.29. The minimum absolute atomic E-state index is 0.125. The van der Waals surface area contributed by atoms with Crippen molar-refractivity contribution in [3.8, 4) is 0 Å². The highest BCUT2D eigenvalue weighted by Gasteiger charge is 2.20. The third kappa shape index (κ3) is 3.84. The smallest absolute Gasteiger partial charge is 0.225 e. The fourth-order valence-electron chi connectivity index (χ4n) is 2.84. The maximum atomic E-state index is 11.8. The van der Waals surface area contributed by atoms with Crippen LogP contribution in [-0.2, 0) is 9.84 Å². The number of benzene rings is 1. The van der Waals surface area contributed by atoms with Gasteiger partial charge < -0.3 is 10.2 Å². The molecule has 24 heavy (non-hydrogen) atoms. The maximum Gasteiger partial charge on any atom is 0.225 e. The fourth-order valence-corrected chi connectivity index (χ4v) is 3.72. The topological polar surface area (TPSA) is 75.2 Å². The van der Waals surface area contributed by atoms with Gasteiger partial charge in [-0.05, 0) is 43.2 Å². The molecule has 0 radical (unpaired) electrons.